The van der Waals surface area contributed by atoms with Crippen LogP contribution in [0.2, 0.25) is 0 Å². The molecule has 0 aliphatic rings. The van der Waals surface area contributed by atoms with Crippen molar-refractivity contribution in [3.63, 3.8) is 0 Å². The van der Waals surface area contributed by atoms with Gasteiger partial charge < -0.3 is 20.4 Å². The third kappa shape index (κ3) is 9.44. The van der Waals surface area contributed by atoms with E-state index in [1.807, 2.05) is 19.0 Å². The van der Waals surface area contributed by atoms with Gasteiger partial charge in [0.25, 0.3) is 0 Å². The number of nitrogens with zero attached hydrogens (tertiary/aromatic N) is 1. The second kappa shape index (κ2) is 7.73. The quantitative estimate of drug-likeness (QED) is 0.459. The van der Waals surface area contributed by atoms with E-state index in [0.29, 0.717) is 13.0 Å². The SMILES string of the molecule is CN(C)CCNCC(O)CCC(=O)O. The molecule has 3 N–H and O–H groups in total. The number of carbonyl (C=O) groups is 1. The average Bonchev–Trinajstić information content (AvgIpc) is 2.08. The summed E-state index contributed by atoms with van der Waals surface area (Å²) >= 11 is 0. The number of likely N-dealkylation sites (N-methyl/N-ethyl adjacent to an activating group) is 1. The smallest absolute Gasteiger partial charge is 0.303 e. The summed E-state index contributed by atoms with van der Waals surface area (Å²) in [7, 11) is 3.95. The third-order valence-electron chi connectivity index (χ3n) is 1.81. The van der Waals surface area contributed by atoms with E-state index in [-0.39, 0.29) is 6.42 Å². The molecule has 0 saturated heterocycles. The Labute approximate surface area is 84.7 Å². The molecule has 0 aromatic carbocycles. The van der Waals surface area contributed by atoms with Gasteiger partial charge in [-0.05, 0) is 20.5 Å². The second-order valence-corrected chi connectivity index (χ2v) is 3.59. The molecule has 0 aromatic heterocycles. The lowest BCUT2D eigenvalue weighted by atomic mass is 10.2. The summed E-state index contributed by atoms with van der Waals surface area (Å²) < 4.78 is 0. The number of aliphatic hydroxyl groups is 1. The van der Waals surface area contributed by atoms with Crippen molar-refractivity contribution >= 4 is 5.97 Å². The van der Waals surface area contributed by atoms with Crippen LogP contribution in [-0.4, -0.2) is 60.9 Å². The molecule has 0 aliphatic heterocycles. The Bertz CT molecular complexity index is 162. The van der Waals surface area contributed by atoms with Crippen LogP contribution in [0.3, 0.4) is 0 Å². The summed E-state index contributed by atoms with van der Waals surface area (Å²) in [4.78, 5) is 12.2. The molecule has 1 atom stereocenters. The van der Waals surface area contributed by atoms with Gasteiger partial charge in [0.1, 0.15) is 0 Å². The molecule has 5 heteroatoms. The van der Waals surface area contributed by atoms with Crippen LogP contribution in [0.4, 0.5) is 0 Å². The van der Waals surface area contributed by atoms with Crippen molar-refractivity contribution in [3.05, 3.63) is 0 Å². The van der Waals surface area contributed by atoms with Crippen LogP contribution in [-0.2, 0) is 4.79 Å². The molecular formula is C9H20N2O3. The zero-order valence-electron chi connectivity index (χ0n) is 8.86. The highest BCUT2D eigenvalue weighted by Crippen LogP contribution is 1.95. The van der Waals surface area contributed by atoms with Crippen molar-refractivity contribution in [1.82, 2.24) is 10.2 Å². The standard InChI is InChI=1S/C9H20N2O3/c1-11(2)6-5-10-7-8(12)3-4-9(13)14/h8,10,12H,3-7H2,1-2H3,(H,13,14). The van der Waals surface area contributed by atoms with E-state index in [0.717, 1.165) is 13.1 Å². The van der Waals surface area contributed by atoms with E-state index in [1.165, 1.54) is 0 Å². The van der Waals surface area contributed by atoms with Gasteiger partial charge in [-0.25, -0.2) is 0 Å². The number of hydrogen-bond donors (Lipinski definition) is 3. The van der Waals surface area contributed by atoms with E-state index in [4.69, 9.17) is 5.11 Å². The molecule has 5 nitrogen and oxygen atoms in total. The summed E-state index contributed by atoms with van der Waals surface area (Å²) in [6, 6.07) is 0. The van der Waals surface area contributed by atoms with E-state index < -0.39 is 12.1 Å². The van der Waals surface area contributed by atoms with Crippen molar-refractivity contribution in [2.45, 2.75) is 18.9 Å². The maximum Gasteiger partial charge on any atom is 0.303 e. The van der Waals surface area contributed by atoms with Crippen LogP contribution in [0.15, 0.2) is 0 Å². The van der Waals surface area contributed by atoms with Gasteiger partial charge in [-0.3, -0.25) is 4.79 Å². The average molecular weight is 204 g/mol. The highest BCUT2D eigenvalue weighted by Gasteiger charge is 2.06. The minimum Gasteiger partial charge on any atom is -0.481 e. The Morgan fingerprint density at radius 3 is 2.64 bits per heavy atom. The fourth-order valence-corrected chi connectivity index (χ4v) is 0.963. The highest BCUT2D eigenvalue weighted by molar-refractivity contribution is 5.66. The monoisotopic (exact) mass is 204 g/mol. The van der Waals surface area contributed by atoms with Crippen LogP contribution < -0.4 is 5.32 Å². The topological polar surface area (TPSA) is 72.8 Å². The molecule has 0 heterocycles. The molecule has 0 saturated carbocycles. The third-order valence-corrected chi connectivity index (χ3v) is 1.81. The van der Waals surface area contributed by atoms with E-state index in [2.05, 4.69) is 5.32 Å². The largest absolute Gasteiger partial charge is 0.481 e. The highest BCUT2D eigenvalue weighted by atomic mass is 16.4. The summed E-state index contributed by atoms with van der Waals surface area (Å²) in [5.74, 6) is -0.864. The maximum absolute atomic E-state index is 10.2. The minimum absolute atomic E-state index is 0.0243. The number of aliphatic carboxylic acids is 1. The van der Waals surface area contributed by atoms with Crippen LogP contribution in [0.25, 0.3) is 0 Å². The van der Waals surface area contributed by atoms with Crippen molar-refractivity contribution in [2.75, 3.05) is 33.7 Å². The molecule has 0 aliphatic carbocycles. The number of carboxylic acids is 1. The normalized spacial score (nSPS) is 13.1. The summed E-state index contributed by atoms with van der Waals surface area (Å²) in [5.41, 5.74) is 0. The van der Waals surface area contributed by atoms with Crippen molar-refractivity contribution in [2.24, 2.45) is 0 Å². The van der Waals surface area contributed by atoms with Gasteiger partial charge in [-0.15, -0.1) is 0 Å². The molecule has 1 unspecified atom stereocenters. The van der Waals surface area contributed by atoms with Gasteiger partial charge >= 0.3 is 5.97 Å². The first-order valence-electron chi connectivity index (χ1n) is 4.77. The van der Waals surface area contributed by atoms with Crippen LogP contribution in [0.5, 0.6) is 0 Å². The first-order valence-corrected chi connectivity index (χ1v) is 4.77. The summed E-state index contributed by atoms with van der Waals surface area (Å²) in [6.45, 7) is 2.17. The summed E-state index contributed by atoms with van der Waals surface area (Å²) in [6.07, 6.45) is -0.228. The van der Waals surface area contributed by atoms with Crippen molar-refractivity contribution < 1.29 is 15.0 Å². The van der Waals surface area contributed by atoms with E-state index in [1.54, 1.807) is 0 Å². The molecule has 14 heavy (non-hydrogen) atoms. The predicted octanol–water partition coefficient (Wildman–Crippen LogP) is -0.637. The number of aliphatic hydroxyl groups excluding tert-OH is 1. The zero-order valence-corrected chi connectivity index (χ0v) is 8.86. The molecule has 0 amide bonds. The zero-order chi connectivity index (χ0) is 11.0. The Balaban J connectivity index is 3.26. The Morgan fingerprint density at radius 2 is 2.14 bits per heavy atom. The van der Waals surface area contributed by atoms with Crippen LogP contribution in [0, 0.1) is 0 Å². The number of carboxylic acid groups (broad SMARTS) is 1. The van der Waals surface area contributed by atoms with E-state index >= 15 is 0 Å². The molecule has 84 valence electrons. The minimum atomic E-state index is -0.864. The van der Waals surface area contributed by atoms with E-state index in [9.17, 15) is 9.90 Å². The summed E-state index contributed by atoms with van der Waals surface area (Å²) in [5, 5.41) is 20.7. The molecule has 0 bridgehead atoms. The first kappa shape index (κ1) is 13.4. The molecule has 0 rings (SSSR count). The maximum atomic E-state index is 10.2. The Kier molecular flexibility index (Phi) is 7.37. The number of rotatable bonds is 8. The van der Waals surface area contributed by atoms with Gasteiger partial charge in [0.05, 0.1) is 6.10 Å². The lowest BCUT2D eigenvalue weighted by Gasteiger charge is -2.13. The van der Waals surface area contributed by atoms with Crippen LogP contribution in [0.1, 0.15) is 12.8 Å². The van der Waals surface area contributed by atoms with Gasteiger partial charge in [0.2, 0.25) is 0 Å². The molecule has 0 radical (unpaired) electrons. The molecular weight excluding hydrogens is 184 g/mol. The second-order valence-electron chi connectivity index (χ2n) is 3.59. The molecule has 0 spiro atoms. The fraction of sp³-hybridized carbons (Fsp3) is 0.889. The number of hydrogen-bond acceptors (Lipinski definition) is 4. The molecule has 0 aromatic rings. The van der Waals surface area contributed by atoms with Gasteiger partial charge in [0, 0.05) is 26.1 Å². The van der Waals surface area contributed by atoms with Crippen molar-refractivity contribution in [1.29, 1.82) is 0 Å². The first-order chi connectivity index (χ1) is 6.52. The van der Waals surface area contributed by atoms with Gasteiger partial charge in [-0.2, -0.15) is 0 Å². The molecule has 0 fully saturated rings. The Morgan fingerprint density at radius 1 is 1.50 bits per heavy atom. The van der Waals surface area contributed by atoms with Gasteiger partial charge in [-0.1, -0.05) is 0 Å². The fourth-order valence-electron chi connectivity index (χ4n) is 0.963. The number of nitrogens with one attached hydrogen (secondary N) is 1. The predicted molar refractivity (Wildman–Crippen MR) is 54.3 cm³/mol. The van der Waals surface area contributed by atoms with Gasteiger partial charge in [0.15, 0.2) is 0 Å². The Hall–Kier alpha value is -0.650. The lowest BCUT2D eigenvalue weighted by molar-refractivity contribution is -0.137. The van der Waals surface area contributed by atoms with Crippen molar-refractivity contribution in [3.8, 4) is 0 Å². The van der Waals surface area contributed by atoms with Crippen LogP contribution >= 0.6 is 0 Å². The lowest BCUT2D eigenvalue weighted by Crippen LogP contribution is -2.32.